The first-order valence-corrected chi connectivity index (χ1v) is 8.47. The van der Waals surface area contributed by atoms with Crippen LogP contribution in [0, 0.1) is 17.6 Å². The van der Waals surface area contributed by atoms with Crippen molar-refractivity contribution in [3.05, 3.63) is 35.4 Å². The highest BCUT2D eigenvalue weighted by molar-refractivity contribution is 5.91. The van der Waals surface area contributed by atoms with Gasteiger partial charge < -0.3 is 19.9 Å². The SMILES string of the molecule is CCOC(=O)C[C@@H](C(=O)OCC)[C@@H](NC(=O)Cc1ccc(F)cc1F)C(=O)O. The van der Waals surface area contributed by atoms with Crippen LogP contribution in [0.2, 0.25) is 0 Å². The molecule has 0 saturated heterocycles. The molecule has 0 aliphatic rings. The molecule has 0 aliphatic heterocycles. The number of aliphatic carboxylic acids is 1. The lowest BCUT2D eigenvalue weighted by Gasteiger charge is -2.23. The van der Waals surface area contributed by atoms with Gasteiger partial charge in [-0.15, -0.1) is 0 Å². The number of carboxylic acids is 1. The van der Waals surface area contributed by atoms with Crippen molar-refractivity contribution >= 4 is 23.8 Å². The topological polar surface area (TPSA) is 119 Å². The average Bonchev–Trinajstić information content (AvgIpc) is 2.60. The summed E-state index contributed by atoms with van der Waals surface area (Å²) in [7, 11) is 0. The Labute approximate surface area is 159 Å². The van der Waals surface area contributed by atoms with Crippen LogP contribution in [0.15, 0.2) is 18.2 Å². The Morgan fingerprint density at radius 3 is 2.29 bits per heavy atom. The van der Waals surface area contributed by atoms with E-state index in [0.29, 0.717) is 6.07 Å². The second-order valence-corrected chi connectivity index (χ2v) is 5.66. The Hall–Kier alpha value is -3.04. The summed E-state index contributed by atoms with van der Waals surface area (Å²) in [5, 5.41) is 11.5. The highest BCUT2D eigenvalue weighted by atomic mass is 19.1. The van der Waals surface area contributed by atoms with Crippen LogP contribution < -0.4 is 5.32 Å². The molecule has 8 nitrogen and oxygen atoms in total. The van der Waals surface area contributed by atoms with Crippen LogP contribution in [-0.4, -0.2) is 48.2 Å². The molecule has 10 heteroatoms. The summed E-state index contributed by atoms with van der Waals surface area (Å²) >= 11 is 0. The number of benzene rings is 1. The van der Waals surface area contributed by atoms with Gasteiger partial charge in [0.05, 0.1) is 32.0 Å². The number of carbonyl (C=O) groups excluding carboxylic acids is 3. The molecule has 1 aromatic rings. The number of rotatable bonds is 10. The Morgan fingerprint density at radius 1 is 1.11 bits per heavy atom. The zero-order valence-corrected chi connectivity index (χ0v) is 15.4. The van der Waals surface area contributed by atoms with E-state index in [-0.39, 0.29) is 18.8 Å². The summed E-state index contributed by atoms with van der Waals surface area (Å²) in [5.74, 6) is -7.72. The lowest BCUT2D eigenvalue weighted by atomic mass is 9.95. The van der Waals surface area contributed by atoms with Crippen molar-refractivity contribution in [2.24, 2.45) is 5.92 Å². The van der Waals surface area contributed by atoms with Crippen LogP contribution in [0.1, 0.15) is 25.8 Å². The molecule has 0 aromatic heterocycles. The van der Waals surface area contributed by atoms with Crippen LogP contribution in [0.4, 0.5) is 8.78 Å². The lowest BCUT2D eigenvalue weighted by Crippen LogP contribution is -2.50. The summed E-state index contributed by atoms with van der Waals surface area (Å²) in [6, 6.07) is 0.767. The third kappa shape index (κ3) is 6.93. The van der Waals surface area contributed by atoms with Crippen molar-refractivity contribution in [1.82, 2.24) is 5.32 Å². The predicted molar refractivity (Wildman–Crippen MR) is 91.0 cm³/mol. The van der Waals surface area contributed by atoms with E-state index in [4.69, 9.17) is 9.47 Å². The van der Waals surface area contributed by atoms with Crippen molar-refractivity contribution in [1.29, 1.82) is 0 Å². The standard InChI is InChI=1S/C18H21F2NO7/c1-3-27-15(23)9-12(18(26)28-4-2)16(17(24)25)21-14(22)7-10-5-6-11(19)8-13(10)20/h5-6,8,12,16H,3-4,7,9H2,1-2H3,(H,21,22)(H,24,25)/t12-,16-/m1/s1. The van der Waals surface area contributed by atoms with E-state index in [2.05, 4.69) is 5.32 Å². The molecule has 28 heavy (non-hydrogen) atoms. The number of carboxylic acid groups (broad SMARTS) is 1. The molecule has 0 radical (unpaired) electrons. The smallest absolute Gasteiger partial charge is 0.327 e. The normalized spacial score (nSPS) is 12.6. The van der Waals surface area contributed by atoms with E-state index >= 15 is 0 Å². The van der Waals surface area contributed by atoms with Crippen LogP contribution in [0.5, 0.6) is 0 Å². The molecule has 0 unspecified atom stereocenters. The van der Waals surface area contributed by atoms with Gasteiger partial charge in [0.25, 0.3) is 0 Å². The number of ether oxygens (including phenoxy) is 2. The molecule has 0 aliphatic carbocycles. The molecule has 2 atom stereocenters. The number of halogens is 2. The van der Waals surface area contributed by atoms with E-state index < -0.39 is 60.3 Å². The van der Waals surface area contributed by atoms with Gasteiger partial charge in [-0.2, -0.15) is 0 Å². The number of esters is 2. The number of amides is 1. The summed E-state index contributed by atoms with van der Waals surface area (Å²) in [5.41, 5.74) is -0.166. The fraction of sp³-hybridized carbons (Fsp3) is 0.444. The third-order valence-electron chi connectivity index (χ3n) is 3.63. The molecule has 0 bridgehead atoms. The zero-order chi connectivity index (χ0) is 21.3. The van der Waals surface area contributed by atoms with E-state index in [1.165, 1.54) is 13.8 Å². The van der Waals surface area contributed by atoms with Gasteiger partial charge in [0.1, 0.15) is 17.7 Å². The second kappa shape index (κ2) is 11.0. The Balaban J connectivity index is 2.98. The molecular formula is C18H21F2NO7. The maximum absolute atomic E-state index is 13.7. The summed E-state index contributed by atoms with van der Waals surface area (Å²) in [4.78, 5) is 47.6. The van der Waals surface area contributed by atoms with Gasteiger partial charge in [-0.05, 0) is 25.5 Å². The first-order chi connectivity index (χ1) is 13.2. The highest BCUT2D eigenvalue weighted by Crippen LogP contribution is 2.15. The van der Waals surface area contributed by atoms with Gasteiger partial charge in [-0.1, -0.05) is 6.07 Å². The van der Waals surface area contributed by atoms with Crippen molar-refractivity contribution in [3.8, 4) is 0 Å². The average molecular weight is 401 g/mol. The first kappa shape index (κ1) is 23.0. The zero-order valence-electron chi connectivity index (χ0n) is 15.4. The molecule has 154 valence electrons. The monoisotopic (exact) mass is 401 g/mol. The molecule has 1 amide bonds. The second-order valence-electron chi connectivity index (χ2n) is 5.66. The fourth-order valence-corrected chi connectivity index (χ4v) is 2.38. The summed E-state index contributed by atoms with van der Waals surface area (Å²) in [6.07, 6.45) is -1.22. The van der Waals surface area contributed by atoms with E-state index in [9.17, 15) is 33.1 Å². The maximum Gasteiger partial charge on any atom is 0.327 e. The molecule has 1 aromatic carbocycles. The van der Waals surface area contributed by atoms with E-state index in [1.54, 1.807) is 0 Å². The molecule has 1 rings (SSSR count). The van der Waals surface area contributed by atoms with Crippen molar-refractivity contribution in [2.45, 2.75) is 32.7 Å². The van der Waals surface area contributed by atoms with Crippen LogP contribution >= 0.6 is 0 Å². The van der Waals surface area contributed by atoms with Gasteiger partial charge in [-0.25, -0.2) is 13.6 Å². The van der Waals surface area contributed by atoms with Gasteiger partial charge in [0, 0.05) is 6.07 Å². The van der Waals surface area contributed by atoms with Crippen LogP contribution in [0.3, 0.4) is 0 Å². The Kier molecular flexibility index (Phi) is 9.00. The molecule has 0 heterocycles. The number of carbonyl (C=O) groups is 4. The third-order valence-corrected chi connectivity index (χ3v) is 3.63. The largest absolute Gasteiger partial charge is 0.480 e. The van der Waals surface area contributed by atoms with E-state index in [1.807, 2.05) is 0 Å². The lowest BCUT2D eigenvalue weighted by molar-refractivity contribution is -0.160. The van der Waals surface area contributed by atoms with E-state index in [0.717, 1.165) is 12.1 Å². The maximum atomic E-state index is 13.7. The van der Waals surface area contributed by atoms with Gasteiger partial charge in [0.2, 0.25) is 5.91 Å². The summed E-state index contributed by atoms with van der Waals surface area (Å²) in [6.45, 7) is 2.97. The molecule has 0 fully saturated rings. The van der Waals surface area contributed by atoms with Gasteiger partial charge in [-0.3, -0.25) is 14.4 Å². The van der Waals surface area contributed by atoms with Crippen LogP contribution in [-0.2, 0) is 35.1 Å². The molecule has 0 spiro atoms. The summed E-state index contributed by atoms with van der Waals surface area (Å²) < 4.78 is 36.1. The molecule has 2 N–H and O–H groups in total. The van der Waals surface area contributed by atoms with Crippen LogP contribution in [0.25, 0.3) is 0 Å². The Bertz CT molecular complexity index is 739. The fourth-order valence-electron chi connectivity index (χ4n) is 2.38. The predicted octanol–water partition coefficient (Wildman–Crippen LogP) is 1.21. The minimum absolute atomic E-state index is 0.0162. The minimum atomic E-state index is -1.81. The van der Waals surface area contributed by atoms with Crippen molar-refractivity contribution in [2.75, 3.05) is 13.2 Å². The molecular weight excluding hydrogens is 380 g/mol. The van der Waals surface area contributed by atoms with Gasteiger partial charge in [0.15, 0.2) is 0 Å². The Morgan fingerprint density at radius 2 is 1.75 bits per heavy atom. The number of nitrogens with one attached hydrogen (secondary N) is 1. The number of hydrogen-bond donors (Lipinski definition) is 2. The minimum Gasteiger partial charge on any atom is -0.480 e. The van der Waals surface area contributed by atoms with Gasteiger partial charge >= 0.3 is 17.9 Å². The quantitative estimate of drug-likeness (QED) is 0.566. The molecule has 0 saturated carbocycles. The van der Waals surface area contributed by atoms with Crippen molar-refractivity contribution in [3.63, 3.8) is 0 Å². The highest BCUT2D eigenvalue weighted by Gasteiger charge is 2.38. The first-order valence-electron chi connectivity index (χ1n) is 8.47. The number of hydrogen-bond acceptors (Lipinski definition) is 6. The van der Waals surface area contributed by atoms with Crippen molar-refractivity contribution < 1.29 is 42.5 Å².